The van der Waals surface area contributed by atoms with Crippen LogP contribution in [0.5, 0.6) is 0 Å². The summed E-state index contributed by atoms with van der Waals surface area (Å²) < 4.78 is 28.2. The predicted molar refractivity (Wildman–Crippen MR) is 69.1 cm³/mol. The number of nitrogens with one attached hydrogen (secondary N) is 1. The second-order valence-corrected chi connectivity index (χ2v) is 7.02. The second kappa shape index (κ2) is 7.31. The van der Waals surface area contributed by atoms with E-state index in [-0.39, 0.29) is 17.6 Å². The summed E-state index contributed by atoms with van der Waals surface area (Å²) >= 11 is 0. The Morgan fingerprint density at radius 2 is 2.24 bits per heavy atom. The van der Waals surface area contributed by atoms with E-state index in [0.29, 0.717) is 6.42 Å². The van der Waals surface area contributed by atoms with Crippen molar-refractivity contribution in [2.45, 2.75) is 19.4 Å². The lowest BCUT2D eigenvalue weighted by atomic mass is 10.3. The van der Waals surface area contributed by atoms with Crippen LogP contribution in [0.2, 0.25) is 0 Å². The van der Waals surface area contributed by atoms with Crippen LogP contribution in [0.3, 0.4) is 0 Å². The Labute approximate surface area is 104 Å². The molecule has 102 valence electrons. The second-order valence-electron chi connectivity index (χ2n) is 4.55. The van der Waals surface area contributed by atoms with Crippen LogP contribution in [0.4, 0.5) is 0 Å². The van der Waals surface area contributed by atoms with Crippen LogP contribution in [-0.2, 0) is 14.6 Å². The van der Waals surface area contributed by atoms with Gasteiger partial charge in [-0.3, -0.25) is 0 Å². The molecule has 0 aliphatic carbocycles. The van der Waals surface area contributed by atoms with Crippen LogP contribution in [-0.4, -0.2) is 70.8 Å². The van der Waals surface area contributed by atoms with Crippen molar-refractivity contribution in [1.29, 1.82) is 0 Å². The molecule has 0 amide bonds. The first-order valence-electron chi connectivity index (χ1n) is 6.25. The molecule has 0 aromatic rings. The van der Waals surface area contributed by atoms with Crippen molar-refractivity contribution in [2.75, 3.05) is 51.3 Å². The standard InChI is InChI=1S/C11H24N2O3S/c1-3-17(14,15)8-4-6-13(2)10-11-9-12-5-7-16-11/h11-12H,3-10H2,1-2H3. The van der Waals surface area contributed by atoms with Gasteiger partial charge in [-0.15, -0.1) is 0 Å². The highest BCUT2D eigenvalue weighted by Gasteiger charge is 2.15. The van der Waals surface area contributed by atoms with E-state index >= 15 is 0 Å². The quantitative estimate of drug-likeness (QED) is 0.686. The van der Waals surface area contributed by atoms with Crippen molar-refractivity contribution in [3.8, 4) is 0 Å². The minimum atomic E-state index is -2.82. The molecule has 0 radical (unpaired) electrons. The summed E-state index contributed by atoms with van der Waals surface area (Å²) in [5.74, 6) is 0.532. The van der Waals surface area contributed by atoms with Gasteiger partial charge in [0.2, 0.25) is 0 Å². The zero-order valence-electron chi connectivity index (χ0n) is 10.8. The lowest BCUT2D eigenvalue weighted by molar-refractivity contribution is 0.0102. The van der Waals surface area contributed by atoms with E-state index in [4.69, 9.17) is 4.74 Å². The Morgan fingerprint density at radius 1 is 1.47 bits per heavy atom. The molecular formula is C11H24N2O3S. The molecule has 6 heteroatoms. The van der Waals surface area contributed by atoms with Crippen LogP contribution < -0.4 is 5.32 Å². The molecule has 0 spiro atoms. The fourth-order valence-electron chi connectivity index (χ4n) is 1.87. The number of ether oxygens (including phenoxy) is 1. The van der Waals surface area contributed by atoms with Gasteiger partial charge in [0.25, 0.3) is 0 Å². The third kappa shape index (κ3) is 6.35. The Kier molecular flexibility index (Phi) is 6.40. The largest absolute Gasteiger partial charge is 0.374 e. The Morgan fingerprint density at radius 3 is 2.82 bits per heavy atom. The summed E-state index contributed by atoms with van der Waals surface area (Å²) in [6.45, 7) is 5.94. The zero-order chi connectivity index (χ0) is 12.7. The first kappa shape index (κ1) is 14.9. The Balaban J connectivity index is 2.14. The van der Waals surface area contributed by atoms with Gasteiger partial charge in [0.05, 0.1) is 18.5 Å². The third-order valence-electron chi connectivity index (χ3n) is 2.95. The average Bonchev–Trinajstić information content (AvgIpc) is 2.30. The molecule has 0 aromatic carbocycles. The van der Waals surface area contributed by atoms with Gasteiger partial charge in [-0.2, -0.15) is 0 Å². The van der Waals surface area contributed by atoms with E-state index in [1.807, 2.05) is 7.05 Å². The highest BCUT2D eigenvalue weighted by atomic mass is 32.2. The molecule has 0 aromatic heterocycles. The number of hydrogen-bond donors (Lipinski definition) is 1. The van der Waals surface area contributed by atoms with Crippen LogP contribution in [0.15, 0.2) is 0 Å². The summed E-state index contributed by atoms with van der Waals surface area (Å²) in [6.07, 6.45) is 0.934. The number of likely N-dealkylation sites (N-methyl/N-ethyl adjacent to an activating group) is 1. The molecule has 0 saturated carbocycles. The number of nitrogens with zero attached hydrogens (tertiary/aromatic N) is 1. The lowest BCUT2D eigenvalue weighted by Gasteiger charge is -2.27. The van der Waals surface area contributed by atoms with Crippen LogP contribution >= 0.6 is 0 Å². The van der Waals surface area contributed by atoms with Gasteiger partial charge in [0, 0.05) is 25.4 Å². The Bertz CT molecular complexity index is 300. The predicted octanol–water partition coefficient (Wildman–Crippen LogP) is -0.269. The van der Waals surface area contributed by atoms with Crippen molar-refractivity contribution in [3.63, 3.8) is 0 Å². The van der Waals surface area contributed by atoms with Crippen molar-refractivity contribution in [1.82, 2.24) is 10.2 Å². The normalized spacial score (nSPS) is 21.9. The molecule has 1 fully saturated rings. The summed E-state index contributed by atoms with van der Waals surface area (Å²) in [7, 11) is -0.808. The molecule has 1 aliphatic rings. The Hall–Kier alpha value is -0.170. The molecule has 1 heterocycles. The number of sulfone groups is 1. The molecule has 1 rings (SSSR count). The summed E-state index contributed by atoms with van der Waals surface area (Å²) in [5, 5.41) is 3.28. The molecular weight excluding hydrogens is 240 g/mol. The maximum absolute atomic E-state index is 11.3. The first-order valence-corrected chi connectivity index (χ1v) is 8.07. The molecule has 1 unspecified atom stereocenters. The SMILES string of the molecule is CCS(=O)(=O)CCCN(C)CC1CNCCO1. The van der Waals surface area contributed by atoms with Gasteiger partial charge in [0.15, 0.2) is 0 Å². The van der Waals surface area contributed by atoms with Gasteiger partial charge in [-0.1, -0.05) is 6.92 Å². The topological polar surface area (TPSA) is 58.6 Å². The number of hydrogen-bond acceptors (Lipinski definition) is 5. The molecule has 17 heavy (non-hydrogen) atoms. The van der Waals surface area contributed by atoms with Crippen LogP contribution in [0.25, 0.3) is 0 Å². The van der Waals surface area contributed by atoms with Gasteiger partial charge >= 0.3 is 0 Å². The number of rotatable bonds is 7. The van der Waals surface area contributed by atoms with E-state index in [2.05, 4.69) is 10.2 Å². The molecule has 1 atom stereocenters. The van der Waals surface area contributed by atoms with Crippen LogP contribution in [0, 0.1) is 0 Å². The van der Waals surface area contributed by atoms with Crippen molar-refractivity contribution < 1.29 is 13.2 Å². The van der Waals surface area contributed by atoms with E-state index in [0.717, 1.165) is 32.8 Å². The van der Waals surface area contributed by atoms with Gasteiger partial charge in [0.1, 0.15) is 9.84 Å². The highest BCUT2D eigenvalue weighted by molar-refractivity contribution is 7.91. The molecule has 1 saturated heterocycles. The van der Waals surface area contributed by atoms with Gasteiger partial charge in [-0.25, -0.2) is 8.42 Å². The summed E-state index contributed by atoms with van der Waals surface area (Å²) in [5.41, 5.74) is 0. The van der Waals surface area contributed by atoms with Crippen LogP contribution in [0.1, 0.15) is 13.3 Å². The fourth-order valence-corrected chi connectivity index (χ4v) is 2.73. The summed E-state index contributed by atoms with van der Waals surface area (Å²) in [6, 6.07) is 0. The molecule has 1 N–H and O–H groups in total. The van der Waals surface area contributed by atoms with Gasteiger partial charge < -0.3 is 15.0 Å². The zero-order valence-corrected chi connectivity index (χ0v) is 11.6. The van der Waals surface area contributed by atoms with Crippen molar-refractivity contribution >= 4 is 9.84 Å². The van der Waals surface area contributed by atoms with Gasteiger partial charge in [-0.05, 0) is 20.0 Å². The van der Waals surface area contributed by atoms with Crippen molar-refractivity contribution in [3.05, 3.63) is 0 Å². The van der Waals surface area contributed by atoms with E-state index in [1.165, 1.54) is 0 Å². The minimum absolute atomic E-state index is 0.233. The maximum Gasteiger partial charge on any atom is 0.150 e. The average molecular weight is 264 g/mol. The fraction of sp³-hybridized carbons (Fsp3) is 1.00. The first-order chi connectivity index (χ1) is 8.03. The number of morpholine rings is 1. The summed E-state index contributed by atoms with van der Waals surface area (Å²) in [4.78, 5) is 2.14. The highest BCUT2D eigenvalue weighted by Crippen LogP contribution is 2.00. The molecule has 1 aliphatic heterocycles. The van der Waals surface area contributed by atoms with E-state index in [9.17, 15) is 8.42 Å². The van der Waals surface area contributed by atoms with Crippen molar-refractivity contribution in [2.24, 2.45) is 0 Å². The molecule has 0 bridgehead atoms. The maximum atomic E-state index is 11.3. The smallest absolute Gasteiger partial charge is 0.150 e. The third-order valence-corrected chi connectivity index (χ3v) is 4.75. The van der Waals surface area contributed by atoms with E-state index < -0.39 is 9.84 Å². The molecule has 5 nitrogen and oxygen atoms in total. The lowest BCUT2D eigenvalue weighted by Crippen LogP contribution is -2.44. The van der Waals surface area contributed by atoms with E-state index in [1.54, 1.807) is 6.92 Å². The monoisotopic (exact) mass is 264 g/mol. The minimum Gasteiger partial charge on any atom is -0.374 e.